The van der Waals surface area contributed by atoms with Gasteiger partial charge >= 0.3 is 6.03 Å². The Morgan fingerprint density at radius 1 is 1.32 bits per heavy atom. The number of anilines is 2. The average molecular weight is 381 g/mol. The normalized spacial score (nSPS) is 18.4. The van der Waals surface area contributed by atoms with Crippen molar-refractivity contribution < 1.29 is 14.3 Å². The Labute approximate surface area is 163 Å². The second-order valence-corrected chi connectivity index (χ2v) is 7.03. The number of hydrogen-bond donors (Lipinski definition) is 0. The van der Waals surface area contributed by atoms with Gasteiger partial charge in [-0.05, 0) is 30.5 Å². The molecule has 28 heavy (non-hydrogen) atoms. The highest BCUT2D eigenvalue weighted by molar-refractivity contribution is 6.02. The minimum Gasteiger partial charge on any atom is -0.497 e. The van der Waals surface area contributed by atoms with Crippen molar-refractivity contribution in [3.05, 3.63) is 41.9 Å². The predicted molar refractivity (Wildman–Crippen MR) is 105 cm³/mol. The summed E-state index contributed by atoms with van der Waals surface area (Å²) in [4.78, 5) is 38.9. The van der Waals surface area contributed by atoms with Crippen LogP contribution in [0.3, 0.4) is 0 Å². The molecule has 1 atom stereocenters. The molecule has 3 heterocycles. The monoisotopic (exact) mass is 381 g/mol. The number of methoxy groups -OCH3 is 1. The molecule has 0 spiro atoms. The van der Waals surface area contributed by atoms with Crippen LogP contribution < -0.4 is 14.5 Å². The molecule has 0 saturated carbocycles. The molecular weight excluding hydrogens is 358 g/mol. The van der Waals surface area contributed by atoms with E-state index in [-0.39, 0.29) is 6.03 Å². The number of carbonyl (C=O) groups excluding carboxylic acids is 2. The summed E-state index contributed by atoms with van der Waals surface area (Å²) < 4.78 is 5.27. The van der Waals surface area contributed by atoms with Crippen LogP contribution in [0.1, 0.15) is 24.2 Å². The highest BCUT2D eigenvalue weighted by atomic mass is 16.5. The first-order chi connectivity index (χ1) is 13.6. The van der Waals surface area contributed by atoms with Crippen LogP contribution in [0, 0.1) is 0 Å². The maximum absolute atomic E-state index is 13.1. The number of hydrogen-bond acceptors (Lipinski definition) is 6. The van der Waals surface area contributed by atoms with Crippen molar-refractivity contribution >= 4 is 23.8 Å². The summed E-state index contributed by atoms with van der Waals surface area (Å²) in [6.45, 7) is 1.42. The van der Waals surface area contributed by atoms with Gasteiger partial charge in [-0.15, -0.1) is 0 Å². The Morgan fingerprint density at radius 2 is 2.11 bits per heavy atom. The highest BCUT2D eigenvalue weighted by Gasteiger charge is 2.41. The van der Waals surface area contributed by atoms with E-state index in [2.05, 4.69) is 9.97 Å². The zero-order chi connectivity index (χ0) is 19.7. The molecule has 2 amide bonds. The van der Waals surface area contributed by atoms with E-state index >= 15 is 0 Å². The molecule has 1 aromatic heterocycles. The SMILES string of the molecule is COc1cccc(Cc2ncc3c(n2)N(C(=O)N2CCCC2)C(C=O)N3C)c1. The summed E-state index contributed by atoms with van der Waals surface area (Å²) >= 11 is 0. The summed E-state index contributed by atoms with van der Waals surface area (Å²) in [6, 6.07) is 7.54. The second-order valence-electron chi connectivity index (χ2n) is 7.03. The van der Waals surface area contributed by atoms with E-state index < -0.39 is 6.17 Å². The molecule has 1 aromatic carbocycles. The van der Waals surface area contributed by atoms with Gasteiger partial charge in [-0.1, -0.05) is 12.1 Å². The predicted octanol–water partition coefficient (Wildman–Crippen LogP) is 2.07. The lowest BCUT2D eigenvalue weighted by molar-refractivity contribution is -0.108. The van der Waals surface area contributed by atoms with Crippen molar-refractivity contribution in [3.8, 4) is 5.75 Å². The van der Waals surface area contributed by atoms with Gasteiger partial charge in [-0.25, -0.2) is 19.7 Å². The lowest BCUT2D eigenvalue weighted by Crippen LogP contribution is -2.51. The molecule has 2 aliphatic heterocycles. The first-order valence-electron chi connectivity index (χ1n) is 9.37. The van der Waals surface area contributed by atoms with Crippen LogP contribution in [-0.2, 0) is 11.2 Å². The first-order valence-corrected chi connectivity index (χ1v) is 9.37. The summed E-state index contributed by atoms with van der Waals surface area (Å²) in [7, 11) is 3.41. The zero-order valence-corrected chi connectivity index (χ0v) is 16.0. The number of likely N-dealkylation sites (tertiary alicyclic amines) is 1. The third kappa shape index (κ3) is 3.15. The van der Waals surface area contributed by atoms with Crippen molar-refractivity contribution in [2.45, 2.75) is 25.4 Å². The third-order valence-corrected chi connectivity index (χ3v) is 5.27. The van der Waals surface area contributed by atoms with Crippen LogP contribution in [0.25, 0.3) is 0 Å². The summed E-state index contributed by atoms with van der Waals surface area (Å²) in [5.74, 6) is 1.85. The summed E-state index contributed by atoms with van der Waals surface area (Å²) in [5, 5.41) is 0. The maximum atomic E-state index is 13.1. The highest BCUT2D eigenvalue weighted by Crippen LogP contribution is 2.37. The number of aldehydes is 1. The van der Waals surface area contributed by atoms with E-state index in [0.29, 0.717) is 36.8 Å². The molecule has 4 rings (SSSR count). The topological polar surface area (TPSA) is 78.9 Å². The molecule has 146 valence electrons. The van der Waals surface area contributed by atoms with Crippen LogP contribution in [-0.4, -0.2) is 60.6 Å². The number of aromatic nitrogens is 2. The molecule has 0 aliphatic carbocycles. The fourth-order valence-corrected chi connectivity index (χ4v) is 3.74. The van der Waals surface area contributed by atoms with E-state index in [9.17, 15) is 9.59 Å². The van der Waals surface area contributed by atoms with E-state index in [1.54, 1.807) is 30.2 Å². The number of fused-ring (bicyclic) bond motifs is 1. The quantitative estimate of drug-likeness (QED) is 0.755. The van der Waals surface area contributed by atoms with Gasteiger partial charge < -0.3 is 14.5 Å². The Morgan fingerprint density at radius 3 is 2.82 bits per heavy atom. The molecule has 0 N–H and O–H groups in total. The van der Waals surface area contributed by atoms with Crippen LogP contribution in [0.5, 0.6) is 5.75 Å². The third-order valence-electron chi connectivity index (χ3n) is 5.27. The van der Waals surface area contributed by atoms with Crippen LogP contribution in [0.4, 0.5) is 16.3 Å². The zero-order valence-electron chi connectivity index (χ0n) is 16.0. The van der Waals surface area contributed by atoms with Gasteiger partial charge in [-0.3, -0.25) is 4.79 Å². The number of carbonyl (C=O) groups is 2. The van der Waals surface area contributed by atoms with Gasteiger partial charge in [0, 0.05) is 26.6 Å². The van der Waals surface area contributed by atoms with Crippen molar-refractivity contribution in [2.75, 3.05) is 37.0 Å². The van der Waals surface area contributed by atoms with Gasteiger partial charge in [0.05, 0.1) is 13.3 Å². The lowest BCUT2D eigenvalue weighted by atomic mass is 10.1. The van der Waals surface area contributed by atoms with E-state index in [4.69, 9.17) is 4.74 Å². The van der Waals surface area contributed by atoms with Crippen LogP contribution in [0.15, 0.2) is 30.5 Å². The number of ether oxygens (including phenoxy) is 1. The maximum Gasteiger partial charge on any atom is 0.327 e. The first kappa shape index (κ1) is 18.2. The van der Waals surface area contributed by atoms with E-state index in [0.717, 1.165) is 30.4 Å². The Kier molecular flexibility index (Phi) is 4.85. The van der Waals surface area contributed by atoms with Gasteiger partial charge in [0.15, 0.2) is 18.3 Å². The molecule has 2 aliphatic rings. The number of amides is 2. The number of urea groups is 1. The Hall–Kier alpha value is -3.16. The molecule has 0 radical (unpaired) electrons. The minimum atomic E-state index is -0.704. The van der Waals surface area contributed by atoms with Crippen LogP contribution in [0.2, 0.25) is 0 Å². The Balaban J connectivity index is 1.66. The molecule has 8 nitrogen and oxygen atoms in total. The summed E-state index contributed by atoms with van der Waals surface area (Å²) in [6.07, 6.45) is 4.23. The molecule has 0 bridgehead atoms. The van der Waals surface area contributed by atoms with Crippen molar-refractivity contribution in [1.29, 1.82) is 0 Å². The molecule has 2 aromatic rings. The van der Waals surface area contributed by atoms with Gasteiger partial charge in [0.25, 0.3) is 0 Å². The molecule has 8 heteroatoms. The number of nitrogens with zero attached hydrogens (tertiary/aromatic N) is 5. The van der Waals surface area contributed by atoms with Gasteiger partial charge in [0.2, 0.25) is 0 Å². The average Bonchev–Trinajstić information content (AvgIpc) is 3.34. The number of benzene rings is 1. The summed E-state index contributed by atoms with van der Waals surface area (Å²) in [5.41, 5.74) is 1.69. The van der Waals surface area contributed by atoms with Crippen molar-refractivity contribution in [3.63, 3.8) is 0 Å². The molecule has 1 fully saturated rings. The molecule has 1 saturated heterocycles. The largest absolute Gasteiger partial charge is 0.497 e. The second kappa shape index (κ2) is 7.46. The smallest absolute Gasteiger partial charge is 0.327 e. The molecular formula is C20H23N5O3. The lowest BCUT2D eigenvalue weighted by Gasteiger charge is -2.28. The fourth-order valence-electron chi connectivity index (χ4n) is 3.74. The van der Waals surface area contributed by atoms with Crippen LogP contribution >= 0.6 is 0 Å². The van der Waals surface area contributed by atoms with Crippen molar-refractivity contribution in [1.82, 2.24) is 14.9 Å². The van der Waals surface area contributed by atoms with E-state index in [1.807, 2.05) is 24.3 Å². The fraction of sp³-hybridized carbons (Fsp3) is 0.400. The van der Waals surface area contributed by atoms with Gasteiger partial charge in [-0.2, -0.15) is 0 Å². The standard InChI is InChI=1S/C20H23N5O3/c1-23-16-12-21-17(11-14-6-5-7-15(10-14)28-2)22-19(16)25(18(23)13-26)20(27)24-8-3-4-9-24/h5-7,10,12-13,18H,3-4,8-9,11H2,1-2H3. The van der Waals surface area contributed by atoms with E-state index in [1.165, 1.54) is 4.90 Å². The number of likely N-dealkylation sites (N-methyl/N-ethyl adjacent to an activating group) is 1. The van der Waals surface area contributed by atoms with Crippen molar-refractivity contribution in [2.24, 2.45) is 0 Å². The minimum absolute atomic E-state index is 0.175. The van der Waals surface area contributed by atoms with Gasteiger partial charge in [0.1, 0.15) is 17.3 Å². The molecule has 1 unspecified atom stereocenters. The number of rotatable bonds is 4. The Bertz CT molecular complexity index is 897.